The zero-order valence-electron chi connectivity index (χ0n) is 7.82. The molecule has 0 saturated carbocycles. The molecule has 0 radical (unpaired) electrons. The molecule has 1 amide bonds. The Bertz CT molecular complexity index is 330. The molecule has 0 aliphatic heterocycles. The Kier molecular flexibility index (Phi) is 3.64. The maximum atomic E-state index is 11.1. The van der Waals surface area contributed by atoms with Gasteiger partial charge in [-0.25, -0.2) is 14.8 Å². The van der Waals surface area contributed by atoms with Gasteiger partial charge < -0.3 is 4.74 Å². The average molecular weight is 216 g/mol. The molecule has 1 aromatic rings. The molecule has 1 heterocycles. The largest absolute Gasteiger partial charge is 0.447 e. The van der Waals surface area contributed by atoms with Crippen LogP contribution in [0, 0.1) is 0 Å². The Hall–Kier alpha value is -1.36. The van der Waals surface area contributed by atoms with E-state index in [2.05, 4.69) is 15.3 Å². The number of ether oxygens (including phenoxy) is 1. The number of anilines is 1. The number of hydrogen-bond donors (Lipinski definition) is 1. The molecule has 14 heavy (non-hydrogen) atoms. The lowest BCUT2D eigenvalue weighted by Crippen LogP contribution is -2.19. The quantitative estimate of drug-likeness (QED) is 0.768. The van der Waals surface area contributed by atoms with Crippen LogP contribution in [0.2, 0.25) is 5.15 Å². The van der Waals surface area contributed by atoms with Crippen LogP contribution < -0.4 is 5.32 Å². The monoisotopic (exact) mass is 215 g/mol. The minimum absolute atomic E-state index is 0.128. The molecular formula is C8H10ClN3O2. The lowest BCUT2D eigenvalue weighted by Gasteiger charge is -2.07. The smallest absolute Gasteiger partial charge is 0.414 e. The molecule has 0 saturated heterocycles. The first-order valence-corrected chi connectivity index (χ1v) is 4.42. The molecule has 1 N–H and O–H groups in total. The first kappa shape index (κ1) is 10.7. The Morgan fingerprint density at radius 3 is 2.93 bits per heavy atom. The number of carbonyl (C=O) groups is 1. The molecule has 1 rings (SSSR count). The number of amides is 1. The third-order valence-corrected chi connectivity index (χ3v) is 1.39. The Morgan fingerprint density at radius 2 is 2.36 bits per heavy atom. The summed E-state index contributed by atoms with van der Waals surface area (Å²) in [6, 6.07) is 1.51. The summed E-state index contributed by atoms with van der Waals surface area (Å²) in [5, 5.41) is 2.61. The highest BCUT2D eigenvalue weighted by Gasteiger charge is 2.06. The number of hydrogen-bond acceptors (Lipinski definition) is 4. The van der Waals surface area contributed by atoms with Crippen molar-refractivity contribution in [3.63, 3.8) is 0 Å². The fourth-order valence-corrected chi connectivity index (χ4v) is 0.868. The topological polar surface area (TPSA) is 64.1 Å². The zero-order valence-corrected chi connectivity index (χ0v) is 8.58. The molecule has 0 unspecified atom stereocenters. The van der Waals surface area contributed by atoms with Gasteiger partial charge in [0.1, 0.15) is 5.15 Å². The molecule has 0 aliphatic carbocycles. The standard InChI is InChI=1S/C8H10ClN3O2/c1-5(2)14-8(13)12-7-10-4-3-6(9)11-7/h3-5H,1-2H3,(H,10,11,12,13). The third kappa shape index (κ3) is 3.57. The van der Waals surface area contributed by atoms with Gasteiger partial charge in [0.2, 0.25) is 5.95 Å². The third-order valence-electron chi connectivity index (χ3n) is 1.18. The molecule has 0 atom stereocenters. The van der Waals surface area contributed by atoms with E-state index in [1.54, 1.807) is 13.8 Å². The minimum Gasteiger partial charge on any atom is -0.447 e. The SMILES string of the molecule is CC(C)OC(=O)Nc1nccc(Cl)n1. The normalized spacial score (nSPS) is 10.0. The number of nitrogens with zero attached hydrogens (tertiary/aromatic N) is 2. The number of aromatic nitrogens is 2. The van der Waals surface area contributed by atoms with Crippen LogP contribution in [0.1, 0.15) is 13.8 Å². The fraction of sp³-hybridized carbons (Fsp3) is 0.375. The van der Waals surface area contributed by atoms with E-state index in [0.29, 0.717) is 0 Å². The lowest BCUT2D eigenvalue weighted by molar-refractivity contribution is 0.129. The van der Waals surface area contributed by atoms with E-state index in [1.807, 2.05) is 0 Å². The molecule has 0 aliphatic rings. The van der Waals surface area contributed by atoms with Gasteiger partial charge in [0.15, 0.2) is 0 Å². The van der Waals surface area contributed by atoms with Gasteiger partial charge in [-0.3, -0.25) is 5.32 Å². The average Bonchev–Trinajstić information content (AvgIpc) is 2.01. The summed E-state index contributed by atoms with van der Waals surface area (Å²) in [6.45, 7) is 3.50. The second kappa shape index (κ2) is 4.76. The van der Waals surface area contributed by atoms with E-state index in [0.717, 1.165) is 0 Å². The van der Waals surface area contributed by atoms with E-state index in [-0.39, 0.29) is 17.2 Å². The van der Waals surface area contributed by atoms with Crippen LogP contribution in [0.15, 0.2) is 12.3 Å². The molecule has 1 aromatic heterocycles. The second-order valence-corrected chi connectivity index (χ2v) is 3.17. The molecule has 6 heteroatoms. The van der Waals surface area contributed by atoms with Crippen molar-refractivity contribution in [1.29, 1.82) is 0 Å². The highest BCUT2D eigenvalue weighted by atomic mass is 35.5. The number of carbonyl (C=O) groups excluding carboxylic acids is 1. The molecule has 0 bridgehead atoms. The summed E-state index contributed by atoms with van der Waals surface area (Å²) in [4.78, 5) is 18.6. The second-order valence-electron chi connectivity index (χ2n) is 2.78. The van der Waals surface area contributed by atoms with Crippen LogP contribution >= 0.6 is 11.6 Å². The lowest BCUT2D eigenvalue weighted by atomic mass is 10.5. The summed E-state index contributed by atoms with van der Waals surface area (Å²) >= 11 is 5.59. The first-order chi connectivity index (χ1) is 6.58. The predicted molar refractivity (Wildman–Crippen MR) is 52.3 cm³/mol. The van der Waals surface area contributed by atoms with Gasteiger partial charge in [-0.1, -0.05) is 11.6 Å². The fourth-order valence-electron chi connectivity index (χ4n) is 0.732. The van der Waals surface area contributed by atoms with Gasteiger partial charge in [-0.2, -0.15) is 0 Å². The van der Waals surface area contributed by atoms with E-state index < -0.39 is 6.09 Å². The highest BCUT2D eigenvalue weighted by Crippen LogP contribution is 2.06. The maximum absolute atomic E-state index is 11.1. The number of halogens is 1. The number of rotatable bonds is 2. The van der Waals surface area contributed by atoms with Crippen LogP contribution in [0.3, 0.4) is 0 Å². The summed E-state index contributed by atoms with van der Waals surface area (Å²) in [5.74, 6) is 0.128. The van der Waals surface area contributed by atoms with Crippen LogP contribution in [-0.4, -0.2) is 22.2 Å². The Morgan fingerprint density at radius 1 is 1.64 bits per heavy atom. The molecule has 76 valence electrons. The Labute approximate surface area is 86.5 Å². The molecule has 0 spiro atoms. The van der Waals surface area contributed by atoms with Gasteiger partial charge in [-0.15, -0.1) is 0 Å². The van der Waals surface area contributed by atoms with Crippen molar-refractivity contribution in [2.24, 2.45) is 0 Å². The van der Waals surface area contributed by atoms with Crippen LogP contribution in [0.5, 0.6) is 0 Å². The van der Waals surface area contributed by atoms with E-state index >= 15 is 0 Å². The Balaban J connectivity index is 2.56. The van der Waals surface area contributed by atoms with E-state index in [4.69, 9.17) is 16.3 Å². The molecule has 0 fully saturated rings. The molecule has 5 nitrogen and oxygen atoms in total. The van der Waals surface area contributed by atoms with Crippen LogP contribution in [0.25, 0.3) is 0 Å². The molecule has 0 aromatic carbocycles. The number of nitrogens with one attached hydrogen (secondary N) is 1. The molecular weight excluding hydrogens is 206 g/mol. The maximum Gasteiger partial charge on any atom is 0.414 e. The minimum atomic E-state index is -0.595. The van der Waals surface area contributed by atoms with Gasteiger partial charge >= 0.3 is 6.09 Å². The van der Waals surface area contributed by atoms with E-state index in [9.17, 15) is 4.79 Å². The van der Waals surface area contributed by atoms with E-state index in [1.165, 1.54) is 12.3 Å². The van der Waals surface area contributed by atoms with Crippen molar-refractivity contribution in [2.45, 2.75) is 20.0 Å². The van der Waals surface area contributed by atoms with Crippen molar-refractivity contribution in [1.82, 2.24) is 9.97 Å². The summed E-state index contributed by atoms with van der Waals surface area (Å²) < 4.78 is 4.82. The summed E-state index contributed by atoms with van der Waals surface area (Å²) in [7, 11) is 0. The van der Waals surface area contributed by atoms with Crippen LogP contribution in [-0.2, 0) is 4.74 Å². The highest BCUT2D eigenvalue weighted by molar-refractivity contribution is 6.29. The zero-order chi connectivity index (χ0) is 10.6. The van der Waals surface area contributed by atoms with Crippen molar-refractivity contribution >= 4 is 23.6 Å². The van der Waals surface area contributed by atoms with Gasteiger partial charge in [0, 0.05) is 6.20 Å². The van der Waals surface area contributed by atoms with Gasteiger partial charge in [-0.05, 0) is 19.9 Å². The summed E-state index contributed by atoms with van der Waals surface area (Å²) in [5.41, 5.74) is 0. The van der Waals surface area contributed by atoms with Crippen molar-refractivity contribution in [2.75, 3.05) is 5.32 Å². The van der Waals surface area contributed by atoms with Crippen LogP contribution in [0.4, 0.5) is 10.7 Å². The van der Waals surface area contributed by atoms with Crippen molar-refractivity contribution in [3.8, 4) is 0 Å². The van der Waals surface area contributed by atoms with Crippen molar-refractivity contribution in [3.05, 3.63) is 17.4 Å². The van der Waals surface area contributed by atoms with Crippen molar-refractivity contribution < 1.29 is 9.53 Å². The van der Waals surface area contributed by atoms with Gasteiger partial charge in [0.25, 0.3) is 0 Å². The summed E-state index contributed by atoms with van der Waals surface area (Å²) in [6.07, 6.45) is 0.664. The first-order valence-electron chi connectivity index (χ1n) is 4.04. The predicted octanol–water partition coefficient (Wildman–Crippen LogP) is 2.09. The van der Waals surface area contributed by atoms with Gasteiger partial charge in [0.05, 0.1) is 6.10 Å².